The van der Waals surface area contributed by atoms with Crippen LogP contribution in [0.1, 0.15) is 51.5 Å². The molecular formula is C19H30N2O. The average molecular weight is 302 g/mol. The molecule has 1 aliphatic heterocycles. The van der Waals surface area contributed by atoms with E-state index in [1.807, 2.05) is 23.1 Å². The van der Waals surface area contributed by atoms with Crippen LogP contribution in [0, 0.1) is 0 Å². The molecule has 1 fully saturated rings. The molecule has 0 radical (unpaired) electrons. The van der Waals surface area contributed by atoms with Crippen LogP contribution in [-0.4, -0.2) is 41.4 Å². The van der Waals surface area contributed by atoms with Crippen molar-refractivity contribution in [2.24, 2.45) is 0 Å². The number of hydrogen-bond acceptors (Lipinski definition) is 2. The quantitative estimate of drug-likeness (QED) is 0.767. The number of benzene rings is 1. The summed E-state index contributed by atoms with van der Waals surface area (Å²) in [5.74, 6) is 0.284. The SMILES string of the molecule is CCC1CCCCN1CCC(=O)N(CC)Cc1ccccc1. The van der Waals surface area contributed by atoms with Crippen LogP contribution in [0.15, 0.2) is 30.3 Å². The lowest BCUT2D eigenvalue weighted by Gasteiger charge is -2.35. The van der Waals surface area contributed by atoms with E-state index in [0.29, 0.717) is 12.5 Å². The first-order valence-electron chi connectivity index (χ1n) is 8.80. The van der Waals surface area contributed by atoms with Crippen molar-refractivity contribution in [1.82, 2.24) is 9.80 Å². The maximum atomic E-state index is 12.5. The van der Waals surface area contributed by atoms with Crippen LogP contribution >= 0.6 is 0 Å². The highest BCUT2D eigenvalue weighted by Gasteiger charge is 2.22. The normalized spacial score (nSPS) is 19.1. The topological polar surface area (TPSA) is 23.6 Å². The van der Waals surface area contributed by atoms with E-state index in [4.69, 9.17) is 0 Å². The van der Waals surface area contributed by atoms with Gasteiger partial charge >= 0.3 is 0 Å². The van der Waals surface area contributed by atoms with Gasteiger partial charge in [-0.1, -0.05) is 43.7 Å². The molecule has 3 heteroatoms. The molecule has 1 atom stereocenters. The molecule has 1 unspecified atom stereocenters. The zero-order chi connectivity index (χ0) is 15.8. The van der Waals surface area contributed by atoms with Gasteiger partial charge in [-0.15, -0.1) is 0 Å². The fourth-order valence-corrected chi connectivity index (χ4v) is 3.39. The van der Waals surface area contributed by atoms with E-state index in [-0.39, 0.29) is 5.91 Å². The van der Waals surface area contributed by atoms with Crippen LogP contribution in [0.3, 0.4) is 0 Å². The van der Waals surface area contributed by atoms with E-state index in [9.17, 15) is 4.79 Å². The molecule has 1 aliphatic rings. The Morgan fingerprint density at radius 2 is 2.00 bits per heavy atom. The minimum Gasteiger partial charge on any atom is -0.339 e. The smallest absolute Gasteiger partial charge is 0.224 e. The van der Waals surface area contributed by atoms with E-state index in [1.165, 1.54) is 31.2 Å². The lowest BCUT2D eigenvalue weighted by molar-refractivity contribution is -0.132. The Morgan fingerprint density at radius 3 is 2.68 bits per heavy atom. The lowest BCUT2D eigenvalue weighted by Crippen LogP contribution is -2.41. The molecule has 3 nitrogen and oxygen atoms in total. The van der Waals surface area contributed by atoms with Gasteiger partial charge in [0.25, 0.3) is 0 Å². The molecule has 1 aromatic carbocycles. The Morgan fingerprint density at radius 1 is 1.23 bits per heavy atom. The summed E-state index contributed by atoms with van der Waals surface area (Å²) in [5, 5.41) is 0. The van der Waals surface area contributed by atoms with Crippen molar-refractivity contribution in [3.05, 3.63) is 35.9 Å². The maximum absolute atomic E-state index is 12.5. The third-order valence-electron chi connectivity index (χ3n) is 4.78. The Labute approximate surface area is 135 Å². The molecule has 1 amide bonds. The van der Waals surface area contributed by atoms with Crippen molar-refractivity contribution in [3.63, 3.8) is 0 Å². The summed E-state index contributed by atoms with van der Waals surface area (Å²) in [6, 6.07) is 11.0. The van der Waals surface area contributed by atoms with Gasteiger partial charge in [0.05, 0.1) is 0 Å². The van der Waals surface area contributed by atoms with Gasteiger partial charge in [-0.25, -0.2) is 0 Å². The first-order valence-corrected chi connectivity index (χ1v) is 8.80. The number of nitrogens with zero attached hydrogens (tertiary/aromatic N) is 2. The second-order valence-corrected chi connectivity index (χ2v) is 6.24. The molecule has 1 saturated heterocycles. The highest BCUT2D eigenvalue weighted by molar-refractivity contribution is 5.76. The van der Waals surface area contributed by atoms with Gasteiger partial charge in [-0.05, 0) is 38.3 Å². The van der Waals surface area contributed by atoms with E-state index in [1.54, 1.807) is 0 Å². The van der Waals surface area contributed by atoms with Crippen molar-refractivity contribution in [1.29, 1.82) is 0 Å². The lowest BCUT2D eigenvalue weighted by atomic mass is 10.00. The predicted octanol–water partition coefficient (Wildman–Crippen LogP) is 3.69. The predicted molar refractivity (Wildman–Crippen MR) is 91.7 cm³/mol. The second-order valence-electron chi connectivity index (χ2n) is 6.24. The van der Waals surface area contributed by atoms with E-state index in [2.05, 4.69) is 30.9 Å². The molecule has 2 rings (SSSR count). The van der Waals surface area contributed by atoms with Gasteiger partial charge in [-0.3, -0.25) is 9.69 Å². The van der Waals surface area contributed by atoms with Gasteiger partial charge < -0.3 is 4.90 Å². The molecule has 0 saturated carbocycles. The molecule has 1 heterocycles. The Hall–Kier alpha value is -1.35. The Bertz CT molecular complexity index is 446. The zero-order valence-corrected chi connectivity index (χ0v) is 14.1. The number of piperidine rings is 1. The molecular weight excluding hydrogens is 272 g/mol. The van der Waals surface area contributed by atoms with Crippen molar-refractivity contribution >= 4 is 5.91 Å². The first kappa shape index (κ1) is 17.0. The Balaban J connectivity index is 1.84. The number of carbonyl (C=O) groups excluding carboxylic acids is 1. The first-order chi connectivity index (χ1) is 10.7. The molecule has 0 aliphatic carbocycles. The summed E-state index contributed by atoms with van der Waals surface area (Å²) in [6.45, 7) is 7.92. The van der Waals surface area contributed by atoms with Crippen LogP contribution in [0.5, 0.6) is 0 Å². The van der Waals surface area contributed by atoms with Gasteiger partial charge in [-0.2, -0.15) is 0 Å². The fraction of sp³-hybridized carbons (Fsp3) is 0.632. The minimum absolute atomic E-state index is 0.284. The highest BCUT2D eigenvalue weighted by Crippen LogP contribution is 2.19. The van der Waals surface area contributed by atoms with E-state index in [0.717, 1.165) is 26.2 Å². The number of hydrogen-bond donors (Lipinski definition) is 0. The molecule has 0 aromatic heterocycles. The van der Waals surface area contributed by atoms with Crippen molar-refractivity contribution in [2.75, 3.05) is 19.6 Å². The van der Waals surface area contributed by atoms with Crippen LogP contribution in [0.2, 0.25) is 0 Å². The maximum Gasteiger partial charge on any atom is 0.224 e. The summed E-state index contributed by atoms with van der Waals surface area (Å²) in [7, 11) is 0. The van der Waals surface area contributed by atoms with Gasteiger partial charge in [0.15, 0.2) is 0 Å². The molecule has 122 valence electrons. The number of amides is 1. The van der Waals surface area contributed by atoms with Crippen LogP contribution in [0.4, 0.5) is 0 Å². The fourth-order valence-electron chi connectivity index (χ4n) is 3.39. The summed E-state index contributed by atoms with van der Waals surface area (Å²) in [4.78, 5) is 17.0. The molecule has 0 spiro atoms. The second kappa shape index (κ2) is 8.94. The molecule has 1 aromatic rings. The third-order valence-corrected chi connectivity index (χ3v) is 4.78. The van der Waals surface area contributed by atoms with Gasteiger partial charge in [0, 0.05) is 32.1 Å². The number of carbonyl (C=O) groups is 1. The molecule has 0 bridgehead atoms. The highest BCUT2D eigenvalue weighted by atomic mass is 16.2. The van der Waals surface area contributed by atoms with E-state index < -0.39 is 0 Å². The van der Waals surface area contributed by atoms with Crippen molar-refractivity contribution in [3.8, 4) is 0 Å². The van der Waals surface area contributed by atoms with Crippen molar-refractivity contribution < 1.29 is 4.79 Å². The Kier molecular flexibility index (Phi) is 6.91. The summed E-state index contributed by atoms with van der Waals surface area (Å²) in [6.07, 6.45) is 5.78. The van der Waals surface area contributed by atoms with Crippen LogP contribution in [0.25, 0.3) is 0 Å². The standard InChI is InChI=1S/C19H30N2O/c1-3-18-12-8-9-14-21(18)15-13-19(22)20(4-2)16-17-10-6-5-7-11-17/h5-7,10-11,18H,3-4,8-9,12-16H2,1-2H3. The molecule has 0 N–H and O–H groups in total. The van der Waals surface area contributed by atoms with Gasteiger partial charge in [0.1, 0.15) is 0 Å². The third kappa shape index (κ3) is 4.84. The average Bonchev–Trinajstić information content (AvgIpc) is 2.58. The van der Waals surface area contributed by atoms with E-state index >= 15 is 0 Å². The van der Waals surface area contributed by atoms with Crippen molar-refractivity contribution in [2.45, 2.75) is 58.5 Å². The summed E-state index contributed by atoms with van der Waals surface area (Å²) >= 11 is 0. The minimum atomic E-state index is 0.284. The number of likely N-dealkylation sites (tertiary alicyclic amines) is 1. The van der Waals surface area contributed by atoms with Crippen LogP contribution < -0.4 is 0 Å². The summed E-state index contributed by atoms with van der Waals surface area (Å²) in [5.41, 5.74) is 1.21. The largest absolute Gasteiger partial charge is 0.339 e. The van der Waals surface area contributed by atoms with Gasteiger partial charge in [0.2, 0.25) is 5.91 Å². The molecule has 22 heavy (non-hydrogen) atoms. The van der Waals surface area contributed by atoms with Crippen LogP contribution in [-0.2, 0) is 11.3 Å². The number of rotatable bonds is 7. The summed E-state index contributed by atoms with van der Waals surface area (Å²) < 4.78 is 0. The monoisotopic (exact) mass is 302 g/mol. The zero-order valence-electron chi connectivity index (χ0n) is 14.1.